The molecule has 1 amide bonds. The van der Waals surface area contributed by atoms with Crippen LogP contribution in [0.25, 0.3) is 11.3 Å². The average molecular weight is 347 g/mol. The second-order valence-corrected chi connectivity index (χ2v) is 5.58. The third-order valence-corrected chi connectivity index (χ3v) is 3.68. The van der Waals surface area contributed by atoms with Gasteiger partial charge in [-0.15, -0.1) is 0 Å². The van der Waals surface area contributed by atoms with Crippen molar-refractivity contribution in [3.05, 3.63) is 76.5 Å². The van der Waals surface area contributed by atoms with Crippen molar-refractivity contribution < 1.29 is 9.21 Å². The quantitative estimate of drug-likeness (QED) is 0.652. The highest BCUT2D eigenvalue weighted by molar-refractivity contribution is 6.35. The summed E-state index contributed by atoms with van der Waals surface area (Å²) in [6.45, 7) is 0. The minimum absolute atomic E-state index is 0.166. The van der Waals surface area contributed by atoms with Crippen LogP contribution in [-0.2, 0) is 0 Å². The van der Waals surface area contributed by atoms with Gasteiger partial charge in [0, 0.05) is 10.6 Å². The van der Waals surface area contributed by atoms with Crippen molar-refractivity contribution >= 4 is 34.8 Å². The number of nitrogens with one attached hydrogen (secondary N) is 2. The molecular formula is C17H12Cl2N2O2. The number of hydrogen-bond acceptors (Lipinski definition) is 3. The summed E-state index contributed by atoms with van der Waals surface area (Å²) < 4.78 is 5.56. The maximum absolute atomic E-state index is 12.1. The molecule has 0 aliphatic rings. The molecule has 116 valence electrons. The Morgan fingerprint density at radius 3 is 2.52 bits per heavy atom. The van der Waals surface area contributed by atoms with Crippen LogP contribution in [0, 0.1) is 0 Å². The lowest BCUT2D eigenvalue weighted by atomic mass is 10.2. The molecule has 2 N–H and O–H groups in total. The Kier molecular flexibility index (Phi) is 4.55. The van der Waals surface area contributed by atoms with Crippen molar-refractivity contribution in [1.29, 1.82) is 0 Å². The highest BCUT2D eigenvalue weighted by Crippen LogP contribution is 2.31. The van der Waals surface area contributed by atoms with E-state index in [0.29, 0.717) is 21.4 Å². The molecule has 0 spiro atoms. The van der Waals surface area contributed by atoms with Gasteiger partial charge in [0.25, 0.3) is 0 Å². The summed E-state index contributed by atoms with van der Waals surface area (Å²) in [4.78, 5) is 12.1. The first-order valence-corrected chi connectivity index (χ1v) is 7.56. The largest absolute Gasteiger partial charge is 0.451 e. The molecule has 0 aliphatic carbocycles. The first-order chi connectivity index (χ1) is 11.1. The second kappa shape index (κ2) is 6.77. The van der Waals surface area contributed by atoms with E-state index >= 15 is 0 Å². The molecule has 0 aliphatic heterocycles. The van der Waals surface area contributed by atoms with Crippen LogP contribution in [0.1, 0.15) is 10.6 Å². The predicted octanol–water partition coefficient (Wildman–Crippen LogP) is 5.01. The van der Waals surface area contributed by atoms with Crippen LogP contribution in [-0.4, -0.2) is 5.91 Å². The van der Waals surface area contributed by atoms with Crippen molar-refractivity contribution in [1.82, 2.24) is 5.43 Å². The topological polar surface area (TPSA) is 54.3 Å². The lowest BCUT2D eigenvalue weighted by Crippen LogP contribution is -2.28. The number of hydrogen-bond donors (Lipinski definition) is 2. The molecule has 0 radical (unpaired) electrons. The molecule has 0 bridgehead atoms. The minimum atomic E-state index is -0.391. The van der Waals surface area contributed by atoms with Crippen molar-refractivity contribution in [2.75, 3.05) is 5.43 Å². The third-order valence-electron chi connectivity index (χ3n) is 3.12. The number of amides is 1. The molecule has 1 heterocycles. The fourth-order valence-electron chi connectivity index (χ4n) is 2.00. The van der Waals surface area contributed by atoms with Crippen LogP contribution < -0.4 is 10.9 Å². The van der Waals surface area contributed by atoms with Crippen molar-refractivity contribution in [3.63, 3.8) is 0 Å². The summed E-state index contributed by atoms with van der Waals surface area (Å²) in [6, 6.07) is 17.6. The van der Waals surface area contributed by atoms with E-state index in [4.69, 9.17) is 27.6 Å². The number of carbonyl (C=O) groups is 1. The number of anilines is 1. The molecule has 3 aromatic rings. The van der Waals surface area contributed by atoms with Gasteiger partial charge in [0.05, 0.1) is 10.7 Å². The molecule has 0 fully saturated rings. The Balaban J connectivity index is 1.74. The lowest BCUT2D eigenvalue weighted by molar-refractivity contribution is 0.0936. The van der Waals surface area contributed by atoms with E-state index < -0.39 is 5.91 Å². The summed E-state index contributed by atoms with van der Waals surface area (Å²) >= 11 is 12.1. The van der Waals surface area contributed by atoms with Crippen molar-refractivity contribution in [2.45, 2.75) is 0 Å². The predicted molar refractivity (Wildman–Crippen MR) is 91.7 cm³/mol. The number of halogens is 2. The van der Waals surface area contributed by atoms with Crippen LogP contribution >= 0.6 is 23.2 Å². The van der Waals surface area contributed by atoms with Gasteiger partial charge in [0.15, 0.2) is 5.76 Å². The normalized spacial score (nSPS) is 10.3. The van der Waals surface area contributed by atoms with Gasteiger partial charge in [-0.05, 0) is 42.5 Å². The van der Waals surface area contributed by atoms with Gasteiger partial charge >= 0.3 is 5.91 Å². The van der Waals surface area contributed by atoms with Crippen molar-refractivity contribution in [3.8, 4) is 11.3 Å². The highest BCUT2D eigenvalue weighted by Gasteiger charge is 2.14. The van der Waals surface area contributed by atoms with Crippen LogP contribution in [0.5, 0.6) is 0 Å². The molecule has 0 saturated carbocycles. The molecule has 2 aromatic carbocycles. The maximum atomic E-state index is 12.1. The van der Waals surface area contributed by atoms with Crippen LogP contribution in [0.4, 0.5) is 5.69 Å². The van der Waals surface area contributed by atoms with E-state index in [9.17, 15) is 4.79 Å². The molecular weight excluding hydrogens is 335 g/mol. The Labute approximate surface area is 143 Å². The summed E-state index contributed by atoms with van der Waals surface area (Å²) in [6.07, 6.45) is 0. The Bertz CT molecular complexity index is 832. The number of furan rings is 1. The van der Waals surface area contributed by atoms with E-state index in [2.05, 4.69) is 10.9 Å². The molecule has 4 nitrogen and oxygen atoms in total. The van der Waals surface area contributed by atoms with Gasteiger partial charge in [0.1, 0.15) is 5.76 Å². The molecule has 23 heavy (non-hydrogen) atoms. The third kappa shape index (κ3) is 3.67. The standard InChI is InChI=1S/C17H12Cl2N2O2/c18-11-6-7-14(19)13(10-11)15-8-9-16(23-15)17(22)21-20-12-4-2-1-3-5-12/h1-10,20H,(H,21,22). The summed E-state index contributed by atoms with van der Waals surface area (Å²) in [7, 11) is 0. The summed E-state index contributed by atoms with van der Waals surface area (Å²) in [5, 5.41) is 1.04. The minimum Gasteiger partial charge on any atom is -0.451 e. The van der Waals surface area contributed by atoms with E-state index in [1.165, 1.54) is 0 Å². The Morgan fingerprint density at radius 2 is 1.74 bits per heavy atom. The zero-order valence-electron chi connectivity index (χ0n) is 11.8. The summed E-state index contributed by atoms with van der Waals surface area (Å²) in [5.41, 5.74) is 6.77. The Morgan fingerprint density at radius 1 is 0.957 bits per heavy atom. The van der Waals surface area contributed by atoms with Gasteiger partial charge in [-0.1, -0.05) is 41.4 Å². The zero-order valence-corrected chi connectivity index (χ0v) is 13.4. The zero-order chi connectivity index (χ0) is 16.2. The Hall–Kier alpha value is -2.43. The van der Waals surface area contributed by atoms with Gasteiger partial charge in [-0.2, -0.15) is 0 Å². The lowest BCUT2D eigenvalue weighted by Gasteiger charge is -2.06. The first kappa shape index (κ1) is 15.5. The van der Waals surface area contributed by atoms with E-state index in [-0.39, 0.29) is 5.76 Å². The maximum Gasteiger partial charge on any atom is 0.305 e. The number of rotatable bonds is 4. The molecule has 1 aromatic heterocycles. The summed E-state index contributed by atoms with van der Waals surface area (Å²) in [5.74, 6) is 0.250. The second-order valence-electron chi connectivity index (χ2n) is 4.73. The molecule has 0 atom stereocenters. The fourth-order valence-corrected chi connectivity index (χ4v) is 2.39. The number of carbonyl (C=O) groups excluding carboxylic acids is 1. The molecule has 0 unspecified atom stereocenters. The molecule has 3 rings (SSSR count). The van der Waals surface area contributed by atoms with Crippen LogP contribution in [0.3, 0.4) is 0 Å². The number of hydrazine groups is 1. The van der Waals surface area contributed by atoms with Gasteiger partial charge < -0.3 is 4.42 Å². The molecule has 0 saturated heterocycles. The van der Waals surface area contributed by atoms with Crippen LogP contribution in [0.15, 0.2) is 65.1 Å². The molecule has 6 heteroatoms. The number of para-hydroxylation sites is 1. The van der Waals surface area contributed by atoms with E-state index in [0.717, 1.165) is 5.69 Å². The highest BCUT2D eigenvalue weighted by atomic mass is 35.5. The van der Waals surface area contributed by atoms with Gasteiger partial charge in [-0.25, -0.2) is 0 Å². The van der Waals surface area contributed by atoms with E-state index in [1.807, 2.05) is 30.3 Å². The fraction of sp³-hybridized carbons (Fsp3) is 0. The smallest absolute Gasteiger partial charge is 0.305 e. The van der Waals surface area contributed by atoms with Gasteiger partial charge in [-0.3, -0.25) is 15.6 Å². The van der Waals surface area contributed by atoms with Gasteiger partial charge in [0.2, 0.25) is 0 Å². The SMILES string of the molecule is O=C(NNc1ccccc1)c1ccc(-c2cc(Cl)ccc2Cl)o1. The van der Waals surface area contributed by atoms with Crippen molar-refractivity contribution in [2.24, 2.45) is 0 Å². The number of benzene rings is 2. The van der Waals surface area contributed by atoms with Crippen LogP contribution in [0.2, 0.25) is 10.0 Å². The van der Waals surface area contributed by atoms with E-state index in [1.54, 1.807) is 30.3 Å². The monoisotopic (exact) mass is 346 g/mol. The average Bonchev–Trinajstić information content (AvgIpc) is 3.06. The first-order valence-electron chi connectivity index (χ1n) is 6.80.